The molecule has 1 saturated heterocycles. The molecule has 0 bridgehead atoms. The van der Waals surface area contributed by atoms with Crippen LogP contribution in [-0.4, -0.2) is 58.5 Å². The number of carbonyl (C=O) groups excluding carboxylic acids is 1. The fourth-order valence-electron chi connectivity index (χ4n) is 3.95. The first-order chi connectivity index (χ1) is 16.4. The van der Waals surface area contributed by atoms with Crippen LogP contribution in [0.25, 0.3) is 11.4 Å². The lowest BCUT2D eigenvalue weighted by Gasteiger charge is -2.34. The number of nitrogens with one attached hydrogen (secondary N) is 1. The predicted molar refractivity (Wildman–Crippen MR) is 132 cm³/mol. The number of piperazine rings is 1. The van der Waals surface area contributed by atoms with E-state index in [2.05, 4.69) is 37.0 Å². The van der Waals surface area contributed by atoms with Gasteiger partial charge in [0.2, 0.25) is 0 Å². The van der Waals surface area contributed by atoms with E-state index in [1.807, 2.05) is 12.1 Å². The summed E-state index contributed by atoms with van der Waals surface area (Å²) in [5.41, 5.74) is 6.71. The van der Waals surface area contributed by atoms with Gasteiger partial charge in [0.15, 0.2) is 5.82 Å². The molecular formula is C24H27ClFN7O. The Kier molecular flexibility index (Phi) is 7.23. The molecule has 1 aliphatic heterocycles. The first kappa shape index (κ1) is 23.8. The molecule has 10 heteroatoms. The van der Waals surface area contributed by atoms with Gasteiger partial charge in [-0.1, -0.05) is 24.6 Å². The molecule has 1 atom stereocenters. The lowest BCUT2D eigenvalue weighted by molar-refractivity contribution is 0.100. The second kappa shape index (κ2) is 10.3. The molecule has 8 nitrogen and oxygen atoms in total. The van der Waals surface area contributed by atoms with Gasteiger partial charge in [-0.05, 0) is 37.7 Å². The highest BCUT2D eigenvalue weighted by Crippen LogP contribution is 2.27. The lowest BCUT2D eigenvalue weighted by atomic mass is 10.1. The number of nitrogens with two attached hydrogens (primary N) is 1. The summed E-state index contributed by atoms with van der Waals surface area (Å²) in [5.74, 6) is 0.364. The number of hydrogen-bond acceptors (Lipinski definition) is 7. The Morgan fingerprint density at radius 3 is 2.56 bits per heavy atom. The third-order valence-electron chi connectivity index (χ3n) is 5.99. The van der Waals surface area contributed by atoms with Gasteiger partial charge in [0.1, 0.15) is 17.5 Å². The number of hydrogen-bond donors (Lipinski definition) is 2. The number of carbonyl (C=O) groups is 1. The zero-order valence-corrected chi connectivity index (χ0v) is 19.9. The van der Waals surface area contributed by atoms with Crippen LogP contribution in [-0.2, 0) is 0 Å². The van der Waals surface area contributed by atoms with E-state index in [0.29, 0.717) is 22.0 Å². The van der Waals surface area contributed by atoms with Crippen LogP contribution in [0.3, 0.4) is 0 Å². The summed E-state index contributed by atoms with van der Waals surface area (Å²) in [6.07, 6.45) is 3.09. The van der Waals surface area contributed by atoms with Gasteiger partial charge in [-0.25, -0.2) is 19.3 Å². The normalized spacial score (nSPS) is 15.2. The molecule has 178 valence electrons. The highest BCUT2D eigenvalue weighted by molar-refractivity contribution is 6.30. The Bertz CT molecular complexity index is 1170. The highest BCUT2D eigenvalue weighted by atomic mass is 35.5. The van der Waals surface area contributed by atoms with Crippen molar-refractivity contribution >= 4 is 29.1 Å². The van der Waals surface area contributed by atoms with E-state index in [1.165, 1.54) is 12.3 Å². The van der Waals surface area contributed by atoms with Crippen LogP contribution in [0.15, 0.2) is 42.7 Å². The van der Waals surface area contributed by atoms with Gasteiger partial charge < -0.3 is 20.9 Å². The molecule has 0 saturated carbocycles. The Hall–Kier alpha value is -3.30. The number of aromatic nitrogens is 3. The van der Waals surface area contributed by atoms with Crippen molar-refractivity contribution in [2.75, 3.05) is 42.9 Å². The van der Waals surface area contributed by atoms with E-state index in [0.717, 1.165) is 38.5 Å². The maximum absolute atomic E-state index is 14.4. The molecule has 1 aromatic carbocycles. The van der Waals surface area contributed by atoms with Gasteiger partial charge in [0.25, 0.3) is 5.91 Å². The molecular weight excluding hydrogens is 457 g/mol. The van der Waals surface area contributed by atoms with Gasteiger partial charge in [-0.15, -0.1) is 0 Å². The molecule has 1 fully saturated rings. The third kappa shape index (κ3) is 5.26. The summed E-state index contributed by atoms with van der Waals surface area (Å²) in [6, 6.07) is 7.78. The summed E-state index contributed by atoms with van der Waals surface area (Å²) in [6.45, 7) is 8.86. The largest absolute Gasteiger partial charge is 0.365 e. The van der Waals surface area contributed by atoms with E-state index >= 15 is 0 Å². The summed E-state index contributed by atoms with van der Waals surface area (Å²) in [5, 5.41) is 3.39. The van der Waals surface area contributed by atoms with E-state index < -0.39 is 17.8 Å². The highest BCUT2D eigenvalue weighted by Gasteiger charge is 2.19. The van der Waals surface area contributed by atoms with Gasteiger partial charge >= 0.3 is 0 Å². The smallest absolute Gasteiger partial charge is 0.254 e. The first-order valence-corrected chi connectivity index (χ1v) is 11.6. The number of anilines is 2. The molecule has 1 amide bonds. The number of likely N-dealkylation sites (N-methyl/N-ethyl adjacent to an activating group) is 1. The van der Waals surface area contributed by atoms with Crippen molar-refractivity contribution in [1.82, 2.24) is 19.9 Å². The van der Waals surface area contributed by atoms with Gasteiger partial charge in [-0.2, -0.15) is 0 Å². The SMILES string of the molecule is CCN1CCN(c2ccc(-c3ncc(C(N)=O)c(N[C@@H](C)c4ccc(Cl)cc4F)n3)cn2)CC1. The standard InChI is InChI=1S/C24H27ClFN7O/c1-3-32-8-10-33(11-9-32)21-7-4-16(13-28-21)23-29-14-19(22(27)34)24(31-23)30-15(2)18-6-5-17(25)12-20(18)26/h4-7,12-15H,3,8-11H2,1-2H3,(H2,27,34)(H,29,30,31)/t15-/m0/s1. The van der Waals surface area contributed by atoms with Crippen LogP contribution < -0.4 is 16.0 Å². The van der Waals surface area contributed by atoms with E-state index in [9.17, 15) is 9.18 Å². The van der Waals surface area contributed by atoms with Crippen molar-refractivity contribution in [1.29, 1.82) is 0 Å². The lowest BCUT2D eigenvalue weighted by Crippen LogP contribution is -2.46. The monoisotopic (exact) mass is 483 g/mol. The average Bonchev–Trinajstić information content (AvgIpc) is 2.84. The molecule has 0 spiro atoms. The molecule has 3 aromatic rings. The first-order valence-electron chi connectivity index (χ1n) is 11.2. The fraction of sp³-hybridized carbons (Fsp3) is 0.333. The van der Waals surface area contributed by atoms with Crippen molar-refractivity contribution in [2.24, 2.45) is 5.73 Å². The van der Waals surface area contributed by atoms with Crippen LogP contribution in [0.1, 0.15) is 35.8 Å². The van der Waals surface area contributed by atoms with Crippen LogP contribution in [0.2, 0.25) is 5.02 Å². The predicted octanol–water partition coefficient (Wildman–Crippen LogP) is 3.75. The Labute approximate surface area is 203 Å². The van der Waals surface area contributed by atoms with Crippen LogP contribution >= 0.6 is 11.6 Å². The second-order valence-corrected chi connectivity index (χ2v) is 8.61. The summed E-state index contributed by atoms with van der Waals surface area (Å²) < 4.78 is 14.4. The maximum atomic E-state index is 14.4. The zero-order chi connectivity index (χ0) is 24.2. The Morgan fingerprint density at radius 2 is 1.94 bits per heavy atom. The van der Waals surface area contributed by atoms with E-state index in [4.69, 9.17) is 17.3 Å². The molecule has 0 radical (unpaired) electrons. The van der Waals surface area contributed by atoms with Crippen molar-refractivity contribution < 1.29 is 9.18 Å². The van der Waals surface area contributed by atoms with Crippen LogP contribution in [0.4, 0.5) is 16.0 Å². The minimum absolute atomic E-state index is 0.114. The summed E-state index contributed by atoms with van der Waals surface area (Å²) in [4.78, 5) is 30.0. The molecule has 0 unspecified atom stereocenters. The maximum Gasteiger partial charge on any atom is 0.254 e. The molecule has 3 N–H and O–H groups in total. The number of amides is 1. The Balaban J connectivity index is 1.56. The summed E-state index contributed by atoms with van der Waals surface area (Å²) in [7, 11) is 0. The second-order valence-electron chi connectivity index (χ2n) is 8.18. The topological polar surface area (TPSA) is 100 Å². The van der Waals surface area contributed by atoms with Crippen LogP contribution in [0.5, 0.6) is 0 Å². The number of pyridine rings is 1. The molecule has 1 aliphatic rings. The van der Waals surface area contributed by atoms with Gasteiger partial charge in [-0.3, -0.25) is 4.79 Å². The molecule has 34 heavy (non-hydrogen) atoms. The van der Waals surface area contributed by atoms with Crippen molar-refractivity contribution in [3.63, 3.8) is 0 Å². The van der Waals surface area contributed by atoms with E-state index in [1.54, 1.807) is 25.3 Å². The molecule has 4 rings (SSSR count). The Morgan fingerprint density at radius 1 is 1.18 bits per heavy atom. The van der Waals surface area contributed by atoms with Crippen molar-refractivity contribution in [3.8, 4) is 11.4 Å². The van der Waals surface area contributed by atoms with Crippen molar-refractivity contribution in [3.05, 3.63) is 64.7 Å². The number of rotatable bonds is 7. The molecule has 2 aromatic heterocycles. The zero-order valence-electron chi connectivity index (χ0n) is 19.1. The quantitative estimate of drug-likeness (QED) is 0.528. The number of primary amides is 1. The average molecular weight is 484 g/mol. The molecule has 3 heterocycles. The number of halogens is 2. The van der Waals surface area contributed by atoms with Gasteiger partial charge in [0.05, 0.1) is 11.6 Å². The third-order valence-corrected chi connectivity index (χ3v) is 6.22. The summed E-state index contributed by atoms with van der Waals surface area (Å²) >= 11 is 5.86. The van der Waals surface area contributed by atoms with E-state index in [-0.39, 0.29) is 11.4 Å². The minimum Gasteiger partial charge on any atom is -0.365 e. The van der Waals surface area contributed by atoms with Gasteiger partial charge in [0, 0.05) is 54.7 Å². The minimum atomic E-state index is -0.683. The molecule has 0 aliphatic carbocycles. The van der Waals surface area contributed by atoms with Crippen molar-refractivity contribution in [2.45, 2.75) is 19.9 Å². The fourth-order valence-corrected chi connectivity index (χ4v) is 4.10. The van der Waals surface area contributed by atoms with Crippen LogP contribution in [0, 0.1) is 5.82 Å². The number of nitrogens with zero attached hydrogens (tertiary/aromatic N) is 5. The number of benzene rings is 1.